The van der Waals surface area contributed by atoms with Crippen LogP contribution in [0.25, 0.3) is 0 Å². The molecule has 0 N–H and O–H groups in total. The number of methoxy groups -OCH3 is 1. The van der Waals surface area contributed by atoms with Crippen molar-refractivity contribution in [3.8, 4) is 0 Å². The summed E-state index contributed by atoms with van der Waals surface area (Å²) in [5, 5.41) is 0. The first-order valence-electron chi connectivity index (χ1n) is 17.3. The van der Waals surface area contributed by atoms with E-state index in [9.17, 15) is 4.79 Å². The van der Waals surface area contributed by atoms with Crippen LogP contribution in [0.2, 0.25) is 0 Å². The van der Waals surface area contributed by atoms with Crippen LogP contribution in [-0.2, 0) is 14.2 Å². The van der Waals surface area contributed by atoms with Gasteiger partial charge in [0.15, 0.2) is 6.29 Å². The lowest BCUT2D eigenvalue weighted by atomic mass is 9.30. The van der Waals surface area contributed by atoms with Gasteiger partial charge in [-0.05, 0) is 122 Å². The van der Waals surface area contributed by atoms with Gasteiger partial charge in [0, 0.05) is 17.9 Å². The Morgan fingerprint density at radius 3 is 2.29 bits per heavy atom. The second kappa shape index (κ2) is 9.56. The number of carbonyl (C=O) groups is 1. The van der Waals surface area contributed by atoms with Crippen LogP contribution in [-0.4, -0.2) is 31.6 Å². The fraction of sp³-hybridized carbons (Fsp3) is 0.816. The first-order chi connectivity index (χ1) is 19.8. The Kier molecular flexibility index (Phi) is 6.67. The highest BCUT2D eigenvalue weighted by atomic mass is 16.7. The maximum Gasteiger partial charge on any atom is 0.338 e. The summed E-state index contributed by atoms with van der Waals surface area (Å²) in [6, 6.07) is 9.54. The minimum absolute atomic E-state index is 0.0526. The molecule has 4 heteroatoms. The molecule has 0 spiro atoms. The number of esters is 1. The second-order valence-corrected chi connectivity index (χ2v) is 17.2. The van der Waals surface area contributed by atoms with Gasteiger partial charge in [0.2, 0.25) is 0 Å². The summed E-state index contributed by atoms with van der Waals surface area (Å²) >= 11 is 0. The molecule has 6 aliphatic rings. The van der Waals surface area contributed by atoms with Gasteiger partial charge in [-0.25, -0.2) is 4.79 Å². The van der Waals surface area contributed by atoms with Crippen LogP contribution < -0.4 is 0 Å². The number of hydrogen-bond acceptors (Lipinski definition) is 4. The van der Waals surface area contributed by atoms with E-state index in [0.717, 1.165) is 25.2 Å². The van der Waals surface area contributed by atoms with Crippen LogP contribution in [0, 0.1) is 62.6 Å². The van der Waals surface area contributed by atoms with Crippen molar-refractivity contribution in [1.29, 1.82) is 0 Å². The molecule has 0 amide bonds. The smallest absolute Gasteiger partial charge is 0.338 e. The van der Waals surface area contributed by atoms with Crippen molar-refractivity contribution in [1.82, 2.24) is 0 Å². The molecule has 2 bridgehead atoms. The lowest BCUT2D eigenvalue weighted by molar-refractivity contribution is -0.379. The molecule has 232 valence electrons. The molecule has 1 heterocycles. The fourth-order valence-electron chi connectivity index (χ4n) is 13.4. The zero-order valence-corrected chi connectivity index (χ0v) is 27.6. The zero-order chi connectivity index (χ0) is 29.9. The van der Waals surface area contributed by atoms with Crippen molar-refractivity contribution in [2.75, 3.05) is 7.11 Å². The molecule has 0 aromatic heterocycles. The Balaban J connectivity index is 1.23. The zero-order valence-electron chi connectivity index (χ0n) is 27.6. The molecule has 4 nitrogen and oxygen atoms in total. The summed E-state index contributed by atoms with van der Waals surface area (Å²) in [5.41, 5.74) is 1.53. The molecule has 0 unspecified atom stereocenters. The average molecular weight is 577 g/mol. The van der Waals surface area contributed by atoms with Gasteiger partial charge in [-0.3, -0.25) is 0 Å². The monoisotopic (exact) mass is 576 g/mol. The van der Waals surface area contributed by atoms with Gasteiger partial charge in [0.05, 0.1) is 11.7 Å². The van der Waals surface area contributed by atoms with Gasteiger partial charge in [0.25, 0.3) is 0 Å². The predicted octanol–water partition coefficient (Wildman–Crippen LogP) is 8.93. The van der Waals surface area contributed by atoms with Crippen molar-refractivity contribution >= 4 is 5.97 Å². The van der Waals surface area contributed by atoms with E-state index < -0.39 is 0 Å². The highest BCUT2D eigenvalue weighted by Crippen LogP contribution is 2.79. The van der Waals surface area contributed by atoms with Crippen molar-refractivity contribution in [3.05, 3.63) is 35.9 Å². The summed E-state index contributed by atoms with van der Waals surface area (Å²) in [4.78, 5) is 13.2. The molecule has 1 saturated heterocycles. The van der Waals surface area contributed by atoms with Crippen molar-refractivity contribution in [3.63, 3.8) is 0 Å². The molecule has 1 aliphatic heterocycles. The third kappa shape index (κ3) is 3.63. The van der Waals surface area contributed by atoms with E-state index in [1.54, 1.807) is 0 Å². The first-order valence-corrected chi connectivity index (χ1v) is 17.3. The third-order valence-electron chi connectivity index (χ3n) is 15.8. The summed E-state index contributed by atoms with van der Waals surface area (Å²) in [6.45, 7) is 17.9. The summed E-state index contributed by atoms with van der Waals surface area (Å²) in [7, 11) is 1.90. The SMILES string of the molecule is CO[C@@H]1O[C@@H]2C[C@@H]3[C@@]4(C)CC[C@@H](OC(=O)c5ccccc5)C(C)(C)[C@@H]4CC[C@@]3(C)[C@]3(C)CC[C@]14CC[C@@H](C)[C@H](C)[C@H]4[C@H]23. The number of hydrogen-bond donors (Lipinski definition) is 0. The number of carbonyl (C=O) groups excluding carboxylic acids is 1. The van der Waals surface area contributed by atoms with Gasteiger partial charge < -0.3 is 14.2 Å². The van der Waals surface area contributed by atoms with E-state index in [1.807, 2.05) is 37.4 Å². The third-order valence-corrected chi connectivity index (χ3v) is 15.8. The number of ether oxygens (including phenoxy) is 3. The molecule has 0 radical (unpaired) electrons. The molecular formula is C38H56O4. The van der Waals surface area contributed by atoms with E-state index in [0.29, 0.717) is 40.6 Å². The van der Waals surface area contributed by atoms with Gasteiger partial charge in [-0.15, -0.1) is 0 Å². The number of fused-ring (bicyclic) bond motifs is 4. The standard InChI is InChI=1S/C38H56O4/c1-23-14-19-38-21-20-37(7)31(30(38)24(23)2)26(41-33(38)40-8)22-28-35(5)17-16-29(42-32(39)25-12-10-9-11-13-25)34(3,4)27(35)15-18-36(28,37)6/h9-13,23-24,26-31,33H,14-22H2,1-8H3/t23-,24+,26-,27+,28-,29-,30+,31+,33-,35+,36-,37-,38+/m1/s1. The van der Waals surface area contributed by atoms with Crippen molar-refractivity contribution in [2.24, 2.45) is 62.6 Å². The fourth-order valence-corrected chi connectivity index (χ4v) is 13.4. The lowest BCUT2D eigenvalue weighted by Gasteiger charge is -2.77. The Morgan fingerprint density at radius 2 is 1.57 bits per heavy atom. The van der Waals surface area contributed by atoms with Gasteiger partial charge in [-0.1, -0.05) is 66.7 Å². The Hall–Kier alpha value is -1.39. The Morgan fingerprint density at radius 1 is 0.833 bits per heavy atom. The van der Waals surface area contributed by atoms with Gasteiger partial charge in [-0.2, -0.15) is 0 Å². The van der Waals surface area contributed by atoms with E-state index in [-0.39, 0.29) is 46.1 Å². The topological polar surface area (TPSA) is 44.8 Å². The lowest BCUT2D eigenvalue weighted by Crippen LogP contribution is -2.74. The minimum Gasteiger partial charge on any atom is -0.458 e. The van der Waals surface area contributed by atoms with Crippen molar-refractivity contribution in [2.45, 2.75) is 125 Å². The van der Waals surface area contributed by atoms with Crippen LogP contribution in [0.4, 0.5) is 0 Å². The van der Waals surface area contributed by atoms with Crippen LogP contribution in [0.3, 0.4) is 0 Å². The van der Waals surface area contributed by atoms with E-state index >= 15 is 0 Å². The molecule has 13 atom stereocenters. The molecule has 7 rings (SSSR count). The van der Waals surface area contributed by atoms with Crippen LogP contribution in [0.1, 0.15) is 117 Å². The highest BCUT2D eigenvalue weighted by molar-refractivity contribution is 5.89. The highest BCUT2D eigenvalue weighted by Gasteiger charge is 2.75. The summed E-state index contributed by atoms with van der Waals surface area (Å²) in [6.07, 6.45) is 11.0. The Bertz CT molecular complexity index is 1210. The maximum atomic E-state index is 13.2. The molecule has 5 aliphatic carbocycles. The summed E-state index contributed by atoms with van der Waals surface area (Å²) < 4.78 is 19.8. The predicted molar refractivity (Wildman–Crippen MR) is 166 cm³/mol. The largest absolute Gasteiger partial charge is 0.458 e. The molecule has 1 aromatic carbocycles. The van der Waals surface area contributed by atoms with E-state index in [2.05, 4.69) is 48.5 Å². The van der Waals surface area contributed by atoms with Crippen LogP contribution in [0.15, 0.2) is 30.3 Å². The average Bonchev–Trinajstić information content (AvgIpc) is 2.96. The van der Waals surface area contributed by atoms with E-state index in [1.165, 1.54) is 38.5 Å². The normalized spacial score (nSPS) is 52.3. The Labute approximate surface area is 255 Å². The molecule has 5 saturated carbocycles. The molecule has 42 heavy (non-hydrogen) atoms. The summed E-state index contributed by atoms with van der Waals surface area (Å²) in [5.74, 6) is 3.74. The maximum absolute atomic E-state index is 13.2. The van der Waals surface area contributed by atoms with Gasteiger partial charge >= 0.3 is 5.97 Å². The van der Waals surface area contributed by atoms with Gasteiger partial charge in [0.1, 0.15) is 6.10 Å². The van der Waals surface area contributed by atoms with Crippen molar-refractivity contribution < 1.29 is 19.0 Å². The quantitative estimate of drug-likeness (QED) is 0.337. The molecule has 1 aromatic rings. The molecular weight excluding hydrogens is 520 g/mol. The first kappa shape index (κ1) is 29.3. The van der Waals surface area contributed by atoms with Crippen LogP contribution in [0.5, 0.6) is 0 Å². The molecule has 6 fully saturated rings. The number of rotatable bonds is 3. The van der Waals surface area contributed by atoms with E-state index in [4.69, 9.17) is 14.2 Å². The number of benzene rings is 1. The van der Waals surface area contributed by atoms with Crippen LogP contribution >= 0.6 is 0 Å². The minimum atomic E-state index is -0.173. The second-order valence-electron chi connectivity index (χ2n) is 17.2.